The second-order valence-corrected chi connectivity index (χ2v) is 11.7. The van der Waals surface area contributed by atoms with Crippen molar-refractivity contribution in [3.05, 3.63) is 23.6 Å². The molecule has 3 fully saturated rings. The van der Waals surface area contributed by atoms with Crippen molar-refractivity contribution in [3.8, 4) is 0 Å². The van der Waals surface area contributed by atoms with Crippen molar-refractivity contribution in [2.24, 2.45) is 28.6 Å². The van der Waals surface area contributed by atoms with Gasteiger partial charge in [-0.1, -0.05) is 33.8 Å². The molecule has 0 aromatic rings. The molecule has 0 amide bonds. The quantitative estimate of drug-likeness (QED) is 0.443. The lowest BCUT2D eigenvalue weighted by atomic mass is 9.45. The highest BCUT2D eigenvalue weighted by molar-refractivity contribution is 6.26. The molecular formula is C26H34ClFO6. The van der Waals surface area contributed by atoms with E-state index in [-0.39, 0.29) is 24.7 Å². The third-order valence-corrected chi connectivity index (χ3v) is 10.5. The minimum absolute atomic E-state index is 0.0411. The summed E-state index contributed by atoms with van der Waals surface area (Å²) in [7, 11) is 0. The molecule has 0 radical (unpaired) electrons. The zero-order valence-corrected chi connectivity index (χ0v) is 21.0. The maximum atomic E-state index is 14.9. The number of alkyl halides is 1. The van der Waals surface area contributed by atoms with E-state index in [1.54, 1.807) is 13.0 Å². The molecule has 2 N–H and O–H groups in total. The van der Waals surface area contributed by atoms with Gasteiger partial charge in [0.25, 0.3) is 0 Å². The summed E-state index contributed by atoms with van der Waals surface area (Å²) in [6.45, 7) is 6.52. The number of ether oxygens (including phenoxy) is 1. The predicted molar refractivity (Wildman–Crippen MR) is 124 cm³/mol. The monoisotopic (exact) mass is 496 g/mol. The van der Waals surface area contributed by atoms with E-state index in [0.29, 0.717) is 31.3 Å². The Hall–Kier alpha value is -1.57. The van der Waals surface area contributed by atoms with Crippen molar-refractivity contribution in [2.75, 3.05) is 6.61 Å². The summed E-state index contributed by atoms with van der Waals surface area (Å²) in [6.07, 6.45) is 3.61. The van der Waals surface area contributed by atoms with Crippen molar-refractivity contribution >= 4 is 29.1 Å². The van der Waals surface area contributed by atoms with Crippen molar-refractivity contribution in [3.63, 3.8) is 0 Å². The number of aliphatic hydroxyl groups is 2. The van der Waals surface area contributed by atoms with E-state index >= 15 is 0 Å². The second kappa shape index (κ2) is 8.24. The molecule has 0 spiro atoms. The number of hydrogen-bond acceptors (Lipinski definition) is 6. The van der Waals surface area contributed by atoms with Crippen molar-refractivity contribution in [1.29, 1.82) is 0 Å². The molecule has 8 atom stereocenters. The van der Waals surface area contributed by atoms with Crippen LogP contribution in [0.3, 0.4) is 0 Å². The fraction of sp³-hybridized carbons (Fsp3) is 0.731. The normalized spacial score (nSPS) is 45.5. The van der Waals surface area contributed by atoms with Crippen LogP contribution in [0.4, 0.5) is 4.39 Å². The Bertz CT molecular complexity index is 992. The minimum Gasteiger partial charge on any atom is -0.450 e. The van der Waals surface area contributed by atoms with Gasteiger partial charge in [0.1, 0.15) is 6.61 Å². The van der Waals surface area contributed by atoms with Crippen molar-refractivity contribution < 1.29 is 33.7 Å². The van der Waals surface area contributed by atoms with E-state index < -0.39 is 63.3 Å². The van der Waals surface area contributed by atoms with Crippen LogP contribution in [0.2, 0.25) is 0 Å². The third kappa shape index (κ3) is 2.96. The average Bonchev–Trinajstić information content (AvgIpc) is 2.99. The number of fused-ring (bicyclic) bond motifs is 5. The van der Waals surface area contributed by atoms with E-state index in [9.17, 15) is 29.0 Å². The standard InChI is InChI=1S/C26H34ClFO6/c1-5-6-21(33)34-26(20(32)13-29)14(2)11-17-15-7-8-16-22(28)18(30)9-10-23(16,3)25(15,27)19(31)12-24(17,26)4/h9-10,14-15,17,19,29,31H,5-8,11-13H2,1-4H3/t14?,15-,17-,19?,23-,24-,25-,26-/m0/s1. The lowest BCUT2D eigenvalue weighted by Crippen LogP contribution is -2.69. The van der Waals surface area contributed by atoms with Gasteiger partial charge in [0, 0.05) is 23.2 Å². The molecular weight excluding hydrogens is 463 g/mol. The molecule has 0 aromatic carbocycles. The first-order valence-electron chi connectivity index (χ1n) is 12.2. The number of allylic oxidation sites excluding steroid dienone is 4. The smallest absolute Gasteiger partial charge is 0.306 e. The van der Waals surface area contributed by atoms with Gasteiger partial charge >= 0.3 is 5.97 Å². The van der Waals surface area contributed by atoms with Crippen LogP contribution in [-0.2, 0) is 19.1 Å². The van der Waals surface area contributed by atoms with Gasteiger partial charge < -0.3 is 14.9 Å². The van der Waals surface area contributed by atoms with Gasteiger partial charge in [0.05, 0.1) is 11.0 Å². The van der Waals surface area contributed by atoms with Gasteiger partial charge in [0.2, 0.25) is 11.6 Å². The van der Waals surface area contributed by atoms with Gasteiger partial charge in [-0.2, -0.15) is 0 Å². The van der Waals surface area contributed by atoms with Crippen molar-refractivity contribution in [1.82, 2.24) is 0 Å². The summed E-state index contributed by atoms with van der Waals surface area (Å²) in [5, 5.41) is 21.5. The maximum absolute atomic E-state index is 14.9. The van der Waals surface area contributed by atoms with Gasteiger partial charge in [-0.15, -0.1) is 11.6 Å². The number of esters is 1. The number of ketones is 2. The number of carbonyl (C=O) groups is 3. The lowest BCUT2D eigenvalue weighted by molar-refractivity contribution is -0.203. The highest BCUT2D eigenvalue weighted by Gasteiger charge is 2.76. The zero-order valence-electron chi connectivity index (χ0n) is 20.2. The largest absolute Gasteiger partial charge is 0.450 e. The van der Waals surface area contributed by atoms with Crippen LogP contribution in [0, 0.1) is 28.6 Å². The molecule has 0 saturated heterocycles. The molecule has 4 aliphatic carbocycles. The molecule has 8 heteroatoms. The van der Waals surface area contributed by atoms with Crippen molar-refractivity contribution in [2.45, 2.75) is 82.8 Å². The molecule has 0 bridgehead atoms. The van der Waals surface area contributed by atoms with Crippen LogP contribution in [-0.4, -0.2) is 50.9 Å². The van der Waals surface area contributed by atoms with Gasteiger partial charge in [-0.05, 0) is 55.6 Å². The Morgan fingerprint density at radius 2 is 1.97 bits per heavy atom. The van der Waals surface area contributed by atoms with Crippen LogP contribution < -0.4 is 0 Å². The summed E-state index contributed by atoms with van der Waals surface area (Å²) < 4.78 is 20.9. The van der Waals surface area contributed by atoms with Gasteiger partial charge in [-0.3, -0.25) is 14.4 Å². The molecule has 4 aliphatic rings. The third-order valence-electron chi connectivity index (χ3n) is 9.56. The minimum atomic E-state index is -1.58. The number of rotatable bonds is 5. The van der Waals surface area contributed by atoms with E-state index in [2.05, 4.69) is 0 Å². The van der Waals surface area contributed by atoms with E-state index in [1.807, 2.05) is 20.8 Å². The first-order chi connectivity index (χ1) is 15.8. The molecule has 6 nitrogen and oxygen atoms in total. The fourth-order valence-corrected chi connectivity index (χ4v) is 8.55. The molecule has 0 heterocycles. The van der Waals surface area contributed by atoms with Crippen LogP contribution in [0.15, 0.2) is 23.6 Å². The molecule has 188 valence electrons. The Labute approximate surface area is 204 Å². The number of Topliss-reactive ketones (excluding diaryl/α,β-unsaturated/α-hetero) is 1. The molecule has 34 heavy (non-hydrogen) atoms. The van der Waals surface area contributed by atoms with Crippen LogP contribution in [0.25, 0.3) is 0 Å². The Morgan fingerprint density at radius 1 is 1.29 bits per heavy atom. The van der Waals surface area contributed by atoms with Crippen LogP contribution >= 0.6 is 11.6 Å². The van der Waals surface area contributed by atoms with Crippen LogP contribution in [0.1, 0.15) is 66.2 Å². The number of aliphatic hydroxyl groups excluding tert-OH is 2. The molecule has 2 unspecified atom stereocenters. The fourth-order valence-electron chi connectivity index (χ4n) is 8.03. The summed E-state index contributed by atoms with van der Waals surface area (Å²) in [6, 6.07) is 0. The first kappa shape index (κ1) is 25.5. The summed E-state index contributed by atoms with van der Waals surface area (Å²) in [4.78, 5) is 36.7. The summed E-state index contributed by atoms with van der Waals surface area (Å²) in [5.41, 5.74) is -3.32. The number of hydrogen-bond donors (Lipinski definition) is 2. The number of carbonyl (C=O) groups excluding carboxylic acids is 3. The van der Waals surface area contributed by atoms with E-state index in [0.717, 1.165) is 0 Å². The Morgan fingerprint density at radius 3 is 2.59 bits per heavy atom. The molecule has 0 aliphatic heterocycles. The molecule has 4 rings (SSSR count). The maximum Gasteiger partial charge on any atom is 0.306 e. The van der Waals surface area contributed by atoms with Gasteiger partial charge in [-0.25, -0.2) is 4.39 Å². The lowest BCUT2D eigenvalue weighted by Gasteiger charge is -2.64. The molecule has 0 aromatic heterocycles. The highest BCUT2D eigenvalue weighted by atomic mass is 35.5. The number of halogens is 2. The molecule has 3 saturated carbocycles. The van der Waals surface area contributed by atoms with Gasteiger partial charge in [0.15, 0.2) is 11.4 Å². The average molecular weight is 497 g/mol. The van der Waals surface area contributed by atoms with Crippen LogP contribution in [0.5, 0.6) is 0 Å². The SMILES string of the molecule is CCCC(=O)O[C@]1(C(=O)CO)C(C)C[C@H]2[C@@H]3CCC4=C(F)C(=O)C=C[C@]4(C)[C@@]3(Cl)C(O)C[C@@]21C. The summed E-state index contributed by atoms with van der Waals surface area (Å²) >= 11 is 7.34. The Balaban J connectivity index is 1.85. The first-order valence-corrected chi connectivity index (χ1v) is 12.6. The highest BCUT2D eigenvalue weighted by Crippen LogP contribution is 2.72. The van der Waals surface area contributed by atoms with E-state index in [4.69, 9.17) is 16.3 Å². The predicted octanol–water partition coefficient (Wildman–Crippen LogP) is 3.81. The topological polar surface area (TPSA) is 101 Å². The van der Waals surface area contributed by atoms with E-state index in [1.165, 1.54) is 6.08 Å². The second-order valence-electron chi connectivity index (χ2n) is 11.0. The Kier molecular flexibility index (Phi) is 6.19. The zero-order chi connectivity index (χ0) is 25.3. The summed E-state index contributed by atoms with van der Waals surface area (Å²) in [5.74, 6) is -3.52.